The Bertz CT molecular complexity index is 919. The first-order valence-corrected chi connectivity index (χ1v) is 9.38. The number of aromatic nitrogens is 1. The first-order chi connectivity index (χ1) is 12.1. The van der Waals surface area contributed by atoms with Crippen molar-refractivity contribution in [3.8, 4) is 0 Å². The molecule has 25 heavy (non-hydrogen) atoms. The van der Waals surface area contributed by atoms with Crippen molar-refractivity contribution in [3.05, 3.63) is 71.7 Å². The number of halogens is 1. The molecule has 0 N–H and O–H groups in total. The number of hydrogen-bond acceptors (Lipinski definition) is 2. The molecule has 1 aliphatic rings. The Balaban J connectivity index is 1.72. The average molecular weight is 354 g/mol. The zero-order valence-corrected chi connectivity index (χ0v) is 14.8. The molecular formula is C20H19FN2OS. The van der Waals surface area contributed by atoms with Gasteiger partial charge in [0.05, 0.1) is 0 Å². The number of nitrogens with zero attached hydrogens (tertiary/aromatic N) is 2. The summed E-state index contributed by atoms with van der Waals surface area (Å²) in [6, 6.07) is 14.7. The zero-order chi connectivity index (χ0) is 17.4. The number of benzene rings is 2. The minimum absolute atomic E-state index is 0.0163. The summed E-state index contributed by atoms with van der Waals surface area (Å²) in [5.41, 5.74) is 3.28. The summed E-state index contributed by atoms with van der Waals surface area (Å²) >= 11 is 1.80. The topological polar surface area (TPSA) is 25.2 Å². The van der Waals surface area contributed by atoms with Crippen LogP contribution >= 0.6 is 11.8 Å². The van der Waals surface area contributed by atoms with E-state index in [1.54, 1.807) is 23.9 Å². The Labute approximate surface area is 150 Å². The second-order valence-corrected chi connectivity index (χ2v) is 7.52. The maximum absolute atomic E-state index is 13.2. The van der Waals surface area contributed by atoms with E-state index in [2.05, 4.69) is 22.9 Å². The Hall–Kier alpha value is -2.27. The Morgan fingerprint density at radius 1 is 1.16 bits per heavy atom. The van der Waals surface area contributed by atoms with E-state index in [0.717, 1.165) is 16.8 Å². The minimum atomic E-state index is -0.256. The molecule has 0 radical (unpaired) electrons. The largest absolute Gasteiger partial charge is 0.350 e. The molecule has 1 aliphatic heterocycles. The minimum Gasteiger partial charge on any atom is -0.350 e. The summed E-state index contributed by atoms with van der Waals surface area (Å²) in [5.74, 6) is 0.724. The van der Waals surface area contributed by atoms with Crippen molar-refractivity contribution in [2.45, 2.75) is 18.3 Å². The second kappa shape index (κ2) is 6.56. The molecule has 4 rings (SSSR count). The predicted octanol–water partition coefficient (Wildman–Crippen LogP) is 4.48. The van der Waals surface area contributed by atoms with Crippen LogP contribution in [0.5, 0.6) is 0 Å². The van der Waals surface area contributed by atoms with Gasteiger partial charge >= 0.3 is 0 Å². The molecule has 3 aromatic rings. The zero-order valence-electron chi connectivity index (χ0n) is 14.0. The fraction of sp³-hybridized carbons (Fsp3) is 0.250. The van der Waals surface area contributed by atoms with Gasteiger partial charge in [-0.15, -0.1) is 11.8 Å². The van der Waals surface area contributed by atoms with Crippen LogP contribution in [0.2, 0.25) is 0 Å². The molecule has 0 bridgehead atoms. The van der Waals surface area contributed by atoms with E-state index in [9.17, 15) is 9.18 Å². The predicted molar refractivity (Wildman–Crippen MR) is 99.7 cm³/mol. The number of thioether (sulfide) groups is 1. The van der Waals surface area contributed by atoms with Crippen molar-refractivity contribution in [2.75, 3.05) is 5.75 Å². The molecule has 1 atom stereocenters. The highest BCUT2D eigenvalue weighted by atomic mass is 32.2. The van der Waals surface area contributed by atoms with Crippen molar-refractivity contribution in [1.29, 1.82) is 0 Å². The van der Waals surface area contributed by atoms with E-state index in [1.807, 2.05) is 24.1 Å². The molecule has 1 fully saturated rings. The lowest BCUT2D eigenvalue weighted by atomic mass is 10.1. The number of amides is 1. The lowest BCUT2D eigenvalue weighted by molar-refractivity contribution is -0.132. The van der Waals surface area contributed by atoms with Crippen LogP contribution in [0.3, 0.4) is 0 Å². The molecule has 128 valence electrons. The van der Waals surface area contributed by atoms with Gasteiger partial charge in [-0.1, -0.05) is 30.3 Å². The van der Waals surface area contributed by atoms with Crippen LogP contribution < -0.4 is 0 Å². The summed E-state index contributed by atoms with van der Waals surface area (Å²) in [6.45, 7) is 0.500. The first kappa shape index (κ1) is 16.2. The van der Waals surface area contributed by atoms with Crippen molar-refractivity contribution < 1.29 is 9.18 Å². The van der Waals surface area contributed by atoms with Crippen LogP contribution in [0.1, 0.15) is 22.9 Å². The van der Waals surface area contributed by atoms with E-state index in [4.69, 9.17) is 0 Å². The normalized spacial score (nSPS) is 18.1. The van der Waals surface area contributed by atoms with Gasteiger partial charge in [0.15, 0.2) is 0 Å². The van der Waals surface area contributed by atoms with Crippen LogP contribution in [-0.4, -0.2) is 21.1 Å². The van der Waals surface area contributed by atoms with Crippen molar-refractivity contribution >= 4 is 28.6 Å². The Morgan fingerprint density at radius 2 is 1.92 bits per heavy atom. The van der Waals surface area contributed by atoms with Gasteiger partial charge in [0, 0.05) is 48.4 Å². The third kappa shape index (κ3) is 3.04. The van der Waals surface area contributed by atoms with Gasteiger partial charge in [-0.3, -0.25) is 4.79 Å². The van der Waals surface area contributed by atoms with Gasteiger partial charge in [0.2, 0.25) is 5.91 Å². The van der Waals surface area contributed by atoms with E-state index in [0.29, 0.717) is 13.0 Å². The van der Waals surface area contributed by atoms with Crippen molar-refractivity contribution in [2.24, 2.45) is 7.05 Å². The summed E-state index contributed by atoms with van der Waals surface area (Å²) in [6.07, 6.45) is 2.67. The monoisotopic (exact) mass is 354 g/mol. The summed E-state index contributed by atoms with van der Waals surface area (Å²) in [4.78, 5) is 14.5. The molecule has 0 spiro atoms. The van der Waals surface area contributed by atoms with Crippen LogP contribution in [-0.2, 0) is 18.4 Å². The number of para-hydroxylation sites is 1. The molecule has 1 amide bonds. The summed E-state index contributed by atoms with van der Waals surface area (Å²) in [5, 5.41) is 1.17. The van der Waals surface area contributed by atoms with Gasteiger partial charge < -0.3 is 9.47 Å². The second-order valence-electron chi connectivity index (χ2n) is 6.33. The average Bonchev–Trinajstić information content (AvgIpc) is 2.96. The van der Waals surface area contributed by atoms with Crippen molar-refractivity contribution in [3.63, 3.8) is 0 Å². The molecule has 2 heterocycles. The van der Waals surface area contributed by atoms with Gasteiger partial charge in [0.1, 0.15) is 11.2 Å². The smallest absolute Gasteiger partial charge is 0.224 e. The Kier molecular flexibility index (Phi) is 4.25. The highest BCUT2D eigenvalue weighted by molar-refractivity contribution is 7.99. The van der Waals surface area contributed by atoms with Gasteiger partial charge in [0.25, 0.3) is 0 Å². The summed E-state index contributed by atoms with van der Waals surface area (Å²) < 4.78 is 15.3. The van der Waals surface area contributed by atoms with Crippen LogP contribution in [0.15, 0.2) is 54.7 Å². The molecular weight excluding hydrogens is 335 g/mol. The third-order valence-corrected chi connectivity index (χ3v) is 5.92. The van der Waals surface area contributed by atoms with Gasteiger partial charge in [-0.25, -0.2) is 4.39 Å². The van der Waals surface area contributed by atoms with Crippen LogP contribution in [0, 0.1) is 5.82 Å². The molecule has 0 aliphatic carbocycles. The standard InChI is InChI=1S/C20H19FN2OS/c1-22-13-17(16-4-2-3-5-18(16)22)20-23(19(24)10-11-25-20)12-14-6-8-15(21)9-7-14/h2-9,13,20H,10-12H2,1H3. The van der Waals surface area contributed by atoms with E-state index in [-0.39, 0.29) is 17.1 Å². The maximum Gasteiger partial charge on any atom is 0.224 e. The van der Waals surface area contributed by atoms with E-state index in [1.165, 1.54) is 23.1 Å². The number of carbonyl (C=O) groups is 1. The molecule has 1 unspecified atom stereocenters. The van der Waals surface area contributed by atoms with Gasteiger partial charge in [-0.2, -0.15) is 0 Å². The lowest BCUT2D eigenvalue weighted by Crippen LogP contribution is -2.36. The van der Waals surface area contributed by atoms with Crippen molar-refractivity contribution in [1.82, 2.24) is 9.47 Å². The fourth-order valence-electron chi connectivity index (χ4n) is 3.41. The summed E-state index contributed by atoms with van der Waals surface area (Å²) in [7, 11) is 2.03. The highest BCUT2D eigenvalue weighted by Crippen LogP contribution is 2.41. The van der Waals surface area contributed by atoms with Crippen LogP contribution in [0.4, 0.5) is 4.39 Å². The molecule has 2 aromatic carbocycles. The molecule has 1 aromatic heterocycles. The van der Waals surface area contributed by atoms with Gasteiger partial charge in [-0.05, 0) is 23.8 Å². The maximum atomic E-state index is 13.2. The lowest BCUT2D eigenvalue weighted by Gasteiger charge is -2.35. The Morgan fingerprint density at radius 3 is 2.72 bits per heavy atom. The molecule has 3 nitrogen and oxygen atoms in total. The molecule has 1 saturated heterocycles. The van der Waals surface area contributed by atoms with E-state index >= 15 is 0 Å². The number of hydrogen-bond donors (Lipinski definition) is 0. The van der Waals surface area contributed by atoms with E-state index < -0.39 is 0 Å². The quantitative estimate of drug-likeness (QED) is 0.693. The molecule has 5 heteroatoms. The third-order valence-electron chi connectivity index (χ3n) is 4.66. The van der Waals surface area contributed by atoms with Crippen LogP contribution in [0.25, 0.3) is 10.9 Å². The SMILES string of the molecule is Cn1cc(C2SCCC(=O)N2Cc2ccc(F)cc2)c2ccccc21. The number of rotatable bonds is 3. The fourth-order valence-corrected chi connectivity index (χ4v) is 4.66. The number of aryl methyl sites for hydroxylation is 1. The highest BCUT2D eigenvalue weighted by Gasteiger charge is 2.31. The number of fused-ring (bicyclic) bond motifs is 1. The molecule has 0 saturated carbocycles. The first-order valence-electron chi connectivity index (χ1n) is 8.33. The number of carbonyl (C=O) groups excluding carboxylic acids is 1.